The van der Waals surface area contributed by atoms with Gasteiger partial charge in [-0.05, 0) is 53.4 Å². The van der Waals surface area contributed by atoms with E-state index in [2.05, 4.69) is 5.32 Å². The highest BCUT2D eigenvalue weighted by Crippen LogP contribution is 2.43. The van der Waals surface area contributed by atoms with E-state index in [9.17, 15) is 36.7 Å². The van der Waals surface area contributed by atoms with Crippen molar-refractivity contribution in [2.24, 2.45) is 0 Å². The Morgan fingerprint density at radius 3 is 2.30 bits per heavy atom. The number of carbonyl (C=O) groups excluding carboxylic acids is 4. The molecule has 5 rings (SSSR count). The van der Waals surface area contributed by atoms with Crippen molar-refractivity contribution in [3.8, 4) is 11.1 Å². The average Bonchev–Trinajstić information content (AvgIpc) is 3.46. The van der Waals surface area contributed by atoms with Gasteiger partial charge < -0.3 is 19.9 Å². The van der Waals surface area contributed by atoms with E-state index in [4.69, 9.17) is 4.74 Å². The van der Waals surface area contributed by atoms with Gasteiger partial charge in [0.15, 0.2) is 5.78 Å². The lowest BCUT2D eigenvalue weighted by Gasteiger charge is -2.32. The molecule has 12 heteroatoms. The van der Waals surface area contributed by atoms with E-state index in [1.54, 1.807) is 42.5 Å². The zero-order valence-electron chi connectivity index (χ0n) is 23.2. The van der Waals surface area contributed by atoms with Crippen molar-refractivity contribution in [1.82, 2.24) is 15.1 Å². The lowest BCUT2D eigenvalue weighted by Crippen LogP contribution is -2.51. The second-order valence-electron chi connectivity index (χ2n) is 10.5. The highest BCUT2D eigenvalue weighted by Gasteiger charge is 2.59. The largest absolute Gasteiger partial charge is 0.408 e. The summed E-state index contributed by atoms with van der Waals surface area (Å²) >= 11 is 0. The molecule has 1 heterocycles. The van der Waals surface area contributed by atoms with Crippen molar-refractivity contribution in [3.05, 3.63) is 94.8 Å². The Morgan fingerprint density at radius 2 is 1.67 bits per heavy atom. The summed E-state index contributed by atoms with van der Waals surface area (Å²) in [5.74, 6) is -3.19. The van der Waals surface area contributed by atoms with Gasteiger partial charge in [-0.1, -0.05) is 42.5 Å². The van der Waals surface area contributed by atoms with Gasteiger partial charge in [0, 0.05) is 31.1 Å². The first-order valence-corrected chi connectivity index (χ1v) is 13.4. The summed E-state index contributed by atoms with van der Waals surface area (Å²) in [6.07, 6.45) is -4.88. The number of ether oxygens (including phenoxy) is 1. The summed E-state index contributed by atoms with van der Waals surface area (Å²) in [4.78, 5) is 53.4. The Morgan fingerprint density at radius 1 is 1.02 bits per heavy atom. The van der Waals surface area contributed by atoms with E-state index < -0.39 is 61.1 Å². The number of ketones is 1. The number of hydrogen-bond donors (Lipinski definition) is 1. The maximum absolute atomic E-state index is 13.7. The molecule has 1 saturated heterocycles. The molecule has 1 fully saturated rings. The predicted molar refractivity (Wildman–Crippen MR) is 146 cm³/mol. The van der Waals surface area contributed by atoms with Gasteiger partial charge in [-0.25, -0.2) is 4.39 Å². The fraction of sp³-hybridized carbons (Fsp3) is 0.290. The number of halogens is 4. The fourth-order valence-electron chi connectivity index (χ4n) is 5.36. The van der Waals surface area contributed by atoms with Crippen molar-refractivity contribution in [2.75, 3.05) is 20.3 Å². The molecule has 43 heavy (non-hydrogen) atoms. The van der Waals surface area contributed by atoms with Crippen molar-refractivity contribution >= 4 is 23.5 Å². The molecule has 2 atom stereocenters. The number of alkyl halides is 3. The van der Waals surface area contributed by atoms with E-state index in [0.29, 0.717) is 21.6 Å². The highest BCUT2D eigenvalue weighted by atomic mass is 19.4. The van der Waals surface area contributed by atoms with Gasteiger partial charge in [-0.2, -0.15) is 13.2 Å². The molecule has 8 nitrogen and oxygen atoms in total. The quantitative estimate of drug-likeness (QED) is 0.329. The monoisotopic (exact) mass is 597 g/mol. The van der Waals surface area contributed by atoms with Crippen LogP contribution in [0.25, 0.3) is 11.1 Å². The molecule has 224 valence electrons. The van der Waals surface area contributed by atoms with Crippen LogP contribution in [0.2, 0.25) is 0 Å². The number of Topliss-reactive ketones (excluding diaryl/α,β-unsaturated/α-hetero) is 1. The normalized spacial score (nSPS) is 18.6. The molecule has 1 unspecified atom stereocenters. The Bertz CT molecular complexity index is 1590. The number of rotatable bonds is 7. The number of nitrogens with one attached hydrogen (secondary N) is 1. The molecule has 1 aliphatic carbocycles. The second-order valence-corrected chi connectivity index (χ2v) is 10.5. The van der Waals surface area contributed by atoms with Crippen LogP contribution in [0, 0.1) is 5.82 Å². The first-order valence-electron chi connectivity index (χ1n) is 13.4. The van der Waals surface area contributed by atoms with Crippen LogP contribution >= 0.6 is 0 Å². The van der Waals surface area contributed by atoms with E-state index in [1.807, 2.05) is 0 Å². The molecule has 0 radical (unpaired) electrons. The first-order chi connectivity index (χ1) is 20.3. The number of amides is 3. The van der Waals surface area contributed by atoms with Gasteiger partial charge in [0.05, 0.1) is 0 Å². The summed E-state index contributed by atoms with van der Waals surface area (Å²) in [7, 11) is 1.53. The van der Waals surface area contributed by atoms with Crippen molar-refractivity contribution in [2.45, 2.75) is 37.7 Å². The third-order valence-corrected chi connectivity index (χ3v) is 7.81. The van der Waals surface area contributed by atoms with Crippen LogP contribution in [-0.4, -0.2) is 65.8 Å². The molecule has 0 aromatic heterocycles. The lowest BCUT2D eigenvalue weighted by molar-refractivity contribution is -0.187. The minimum Gasteiger partial charge on any atom is -0.355 e. The molecule has 0 bridgehead atoms. The summed E-state index contributed by atoms with van der Waals surface area (Å²) < 4.78 is 60.1. The number of benzene rings is 3. The molecule has 3 amide bonds. The maximum Gasteiger partial charge on any atom is 0.408 e. The van der Waals surface area contributed by atoms with Crippen LogP contribution < -0.4 is 5.32 Å². The molecule has 1 aliphatic heterocycles. The molecule has 1 spiro atoms. The Labute approximate surface area is 244 Å². The number of fused-ring (bicyclic) bond motifs is 2. The smallest absolute Gasteiger partial charge is 0.355 e. The number of nitrogens with zero attached hydrogens (tertiary/aromatic N) is 2. The van der Waals surface area contributed by atoms with Crippen molar-refractivity contribution < 1.29 is 41.5 Å². The van der Waals surface area contributed by atoms with Crippen LogP contribution in [0.4, 0.5) is 17.6 Å². The second kappa shape index (κ2) is 11.3. The van der Waals surface area contributed by atoms with Crippen molar-refractivity contribution in [3.63, 3.8) is 0 Å². The topological polar surface area (TPSA) is 96.0 Å². The fourth-order valence-corrected chi connectivity index (χ4v) is 5.36. The summed E-state index contributed by atoms with van der Waals surface area (Å²) in [5, 5.41) is 2.54. The molecule has 3 aromatic rings. The van der Waals surface area contributed by atoms with E-state index in [-0.39, 0.29) is 17.9 Å². The zero-order valence-corrected chi connectivity index (χ0v) is 23.2. The van der Waals surface area contributed by atoms with Crippen LogP contribution in [0.5, 0.6) is 0 Å². The zero-order chi connectivity index (χ0) is 31.1. The van der Waals surface area contributed by atoms with E-state index >= 15 is 0 Å². The molecule has 0 saturated carbocycles. The molecule has 3 aromatic carbocycles. The minimum atomic E-state index is -4.76. The SMILES string of the molecule is CNC(=O)c1ccc(-c2ccc3c(c2)CC(=O)[C@]32OCN(CC(=O)N(Cc3ccc(F)cc3)C(C)C(F)(F)F)C2=O)cc1. The van der Waals surface area contributed by atoms with Crippen LogP contribution in [-0.2, 0) is 37.7 Å². The van der Waals surface area contributed by atoms with Gasteiger partial charge in [0.25, 0.3) is 11.8 Å². The molecule has 2 aliphatic rings. The van der Waals surface area contributed by atoms with Crippen molar-refractivity contribution in [1.29, 1.82) is 0 Å². The van der Waals surface area contributed by atoms with Gasteiger partial charge in [-0.3, -0.25) is 19.2 Å². The first kappa shape index (κ1) is 29.9. The third kappa shape index (κ3) is 5.50. The van der Waals surface area contributed by atoms with Crippen LogP contribution in [0.15, 0.2) is 66.7 Å². The van der Waals surface area contributed by atoms with Crippen LogP contribution in [0.1, 0.15) is 34.0 Å². The number of hydrogen-bond acceptors (Lipinski definition) is 5. The van der Waals surface area contributed by atoms with E-state index in [1.165, 1.54) is 19.2 Å². The summed E-state index contributed by atoms with van der Waals surface area (Å²) in [5.41, 5.74) is 1.12. The average molecular weight is 598 g/mol. The highest BCUT2D eigenvalue weighted by molar-refractivity contribution is 6.15. The maximum atomic E-state index is 13.7. The van der Waals surface area contributed by atoms with Gasteiger partial charge in [0.2, 0.25) is 11.5 Å². The third-order valence-electron chi connectivity index (χ3n) is 7.81. The molecule has 1 N–H and O–H groups in total. The Hall–Kier alpha value is -4.58. The van der Waals surface area contributed by atoms with Gasteiger partial charge >= 0.3 is 6.18 Å². The van der Waals surface area contributed by atoms with Crippen LogP contribution in [0.3, 0.4) is 0 Å². The molecular weight excluding hydrogens is 570 g/mol. The standard InChI is InChI=1S/C31H27F4N3O5/c1-18(31(33,34)35)38(15-19-3-10-24(32)11-4-19)27(40)16-37-17-43-30(29(37)42)25-12-9-22(13-23(25)14-26(30)39)20-5-7-21(8-6-20)28(41)36-2/h3-13,18H,14-17H2,1-2H3,(H,36,41)/t18?,30-/m1/s1. The van der Waals surface area contributed by atoms with E-state index in [0.717, 1.165) is 35.1 Å². The predicted octanol–water partition coefficient (Wildman–Crippen LogP) is 3.97. The minimum absolute atomic E-state index is 0.116. The van der Waals surface area contributed by atoms with Gasteiger partial charge in [0.1, 0.15) is 25.1 Å². The Balaban J connectivity index is 1.37. The lowest BCUT2D eigenvalue weighted by atomic mass is 9.92. The summed E-state index contributed by atoms with van der Waals surface area (Å²) in [6.45, 7) is -0.863. The molecular formula is C31H27F4N3O5. The Kier molecular flexibility index (Phi) is 7.82. The summed E-state index contributed by atoms with van der Waals surface area (Å²) in [6, 6.07) is 14.4. The van der Waals surface area contributed by atoms with Gasteiger partial charge in [-0.15, -0.1) is 0 Å². The number of carbonyl (C=O) groups is 4.